The zero-order chi connectivity index (χ0) is 27.7. The molecule has 2 aromatic carbocycles. The molecule has 198 valence electrons. The van der Waals surface area contributed by atoms with Crippen molar-refractivity contribution in [2.24, 2.45) is 4.99 Å². The molecule has 0 fully saturated rings. The fourth-order valence-electron chi connectivity index (χ4n) is 3.53. The third-order valence-corrected chi connectivity index (χ3v) is 8.32. The van der Waals surface area contributed by atoms with Gasteiger partial charge in [-0.3, -0.25) is 9.59 Å². The first kappa shape index (κ1) is 28.5. The molecule has 0 aliphatic rings. The van der Waals surface area contributed by atoms with E-state index in [0.717, 1.165) is 9.01 Å². The highest BCUT2D eigenvalue weighted by molar-refractivity contribution is 7.89. The highest BCUT2D eigenvalue weighted by Gasteiger charge is 2.24. The smallest absolute Gasteiger partial charge is 0.326 e. The Bertz CT molecular complexity index is 1560. The quantitative estimate of drug-likeness (QED) is 0.327. The van der Waals surface area contributed by atoms with Gasteiger partial charge >= 0.3 is 5.97 Å². The SMILES string of the molecule is CCOC(=O)Cn1c(=NC(=O)c2ccc(S(=O)(=O)N(CCC#N)CCC#N)cc2)sc2cc(OC)ccc21. The van der Waals surface area contributed by atoms with Crippen molar-refractivity contribution in [3.63, 3.8) is 0 Å². The van der Waals surface area contributed by atoms with Crippen molar-refractivity contribution < 1.29 is 27.5 Å². The van der Waals surface area contributed by atoms with Crippen molar-refractivity contribution >= 4 is 43.5 Å². The zero-order valence-corrected chi connectivity index (χ0v) is 22.4. The van der Waals surface area contributed by atoms with E-state index in [1.54, 1.807) is 29.7 Å². The number of aromatic nitrogens is 1. The number of rotatable bonds is 11. The second kappa shape index (κ2) is 13.0. The first-order valence-electron chi connectivity index (χ1n) is 11.5. The van der Waals surface area contributed by atoms with E-state index in [9.17, 15) is 18.0 Å². The molecule has 13 heteroatoms. The van der Waals surface area contributed by atoms with Crippen LogP contribution in [0.4, 0.5) is 0 Å². The minimum absolute atomic E-state index is 0.0209. The highest BCUT2D eigenvalue weighted by Crippen LogP contribution is 2.23. The summed E-state index contributed by atoms with van der Waals surface area (Å²) in [7, 11) is -2.44. The van der Waals surface area contributed by atoms with Crippen LogP contribution in [-0.4, -0.2) is 56.0 Å². The molecule has 0 bridgehead atoms. The Morgan fingerprint density at radius 3 is 2.32 bits per heavy atom. The van der Waals surface area contributed by atoms with Crippen LogP contribution in [0.15, 0.2) is 52.4 Å². The van der Waals surface area contributed by atoms with Crippen LogP contribution in [0, 0.1) is 22.7 Å². The number of nitriles is 2. The van der Waals surface area contributed by atoms with Crippen molar-refractivity contribution in [3.8, 4) is 17.9 Å². The van der Waals surface area contributed by atoms with Crippen LogP contribution in [0.1, 0.15) is 30.1 Å². The number of carbonyl (C=O) groups is 2. The van der Waals surface area contributed by atoms with Crippen LogP contribution in [-0.2, 0) is 26.1 Å². The second-order valence-corrected chi connectivity index (χ2v) is 10.7. The molecule has 0 spiro atoms. The molecule has 3 aromatic rings. The number of fused-ring (bicyclic) bond motifs is 1. The average Bonchev–Trinajstić information content (AvgIpc) is 3.24. The third-order valence-electron chi connectivity index (χ3n) is 5.36. The van der Waals surface area contributed by atoms with Crippen LogP contribution in [0.25, 0.3) is 10.2 Å². The summed E-state index contributed by atoms with van der Waals surface area (Å²) in [6, 6.07) is 14.3. The predicted octanol–water partition coefficient (Wildman–Crippen LogP) is 2.83. The number of benzene rings is 2. The van der Waals surface area contributed by atoms with Crippen LogP contribution in [0.2, 0.25) is 0 Å². The monoisotopic (exact) mass is 555 g/mol. The van der Waals surface area contributed by atoms with E-state index in [1.165, 1.54) is 42.7 Å². The van der Waals surface area contributed by atoms with Gasteiger partial charge in [-0.2, -0.15) is 19.8 Å². The minimum atomic E-state index is -3.97. The summed E-state index contributed by atoms with van der Waals surface area (Å²) in [6.45, 7) is 1.66. The first-order chi connectivity index (χ1) is 18.2. The molecule has 0 saturated carbocycles. The summed E-state index contributed by atoms with van der Waals surface area (Å²) >= 11 is 1.20. The molecule has 0 N–H and O–H groups in total. The van der Waals surface area contributed by atoms with Gasteiger partial charge in [0.2, 0.25) is 10.0 Å². The number of thiazole rings is 1. The molecule has 11 nitrogen and oxygen atoms in total. The van der Waals surface area contributed by atoms with Crippen molar-refractivity contribution in [3.05, 3.63) is 52.8 Å². The number of esters is 1. The van der Waals surface area contributed by atoms with Gasteiger partial charge < -0.3 is 14.0 Å². The Hall–Kier alpha value is -4.04. The molecule has 0 radical (unpaired) electrons. The van der Waals surface area contributed by atoms with Crippen LogP contribution < -0.4 is 9.54 Å². The van der Waals surface area contributed by atoms with Crippen molar-refractivity contribution in [1.82, 2.24) is 8.87 Å². The van der Waals surface area contributed by atoms with Gasteiger partial charge in [0.1, 0.15) is 12.3 Å². The van der Waals surface area contributed by atoms with Crippen molar-refractivity contribution in [2.45, 2.75) is 31.2 Å². The second-order valence-electron chi connectivity index (χ2n) is 7.77. The average molecular weight is 556 g/mol. The largest absolute Gasteiger partial charge is 0.497 e. The fourth-order valence-corrected chi connectivity index (χ4v) is 6.02. The zero-order valence-electron chi connectivity index (χ0n) is 20.8. The predicted molar refractivity (Wildman–Crippen MR) is 139 cm³/mol. The maximum absolute atomic E-state index is 13.0. The highest BCUT2D eigenvalue weighted by atomic mass is 32.2. The summed E-state index contributed by atoms with van der Waals surface area (Å²) in [4.78, 5) is 29.6. The number of carbonyl (C=O) groups excluding carboxylic acids is 2. The van der Waals surface area contributed by atoms with Crippen LogP contribution >= 0.6 is 11.3 Å². The van der Waals surface area contributed by atoms with Crippen LogP contribution in [0.3, 0.4) is 0 Å². The van der Waals surface area contributed by atoms with Gasteiger partial charge in [-0.05, 0) is 49.4 Å². The third kappa shape index (κ3) is 6.63. The Kier molecular flexibility index (Phi) is 9.73. The Labute approximate surface area is 223 Å². The van der Waals surface area contributed by atoms with Gasteiger partial charge in [-0.1, -0.05) is 11.3 Å². The van der Waals surface area contributed by atoms with E-state index < -0.39 is 21.9 Å². The number of sulfonamides is 1. The maximum Gasteiger partial charge on any atom is 0.326 e. The van der Waals surface area contributed by atoms with E-state index in [0.29, 0.717) is 11.3 Å². The normalized spacial score (nSPS) is 11.8. The lowest BCUT2D eigenvalue weighted by molar-refractivity contribution is -0.143. The number of nitrogens with zero attached hydrogens (tertiary/aromatic N) is 5. The van der Waals surface area contributed by atoms with Crippen LogP contribution in [0.5, 0.6) is 5.75 Å². The van der Waals surface area contributed by atoms with E-state index in [2.05, 4.69) is 4.99 Å². The summed E-state index contributed by atoms with van der Waals surface area (Å²) in [5.41, 5.74) is 0.814. The summed E-state index contributed by atoms with van der Waals surface area (Å²) < 4.78 is 39.8. The molecule has 1 amide bonds. The minimum Gasteiger partial charge on any atom is -0.497 e. The Balaban J connectivity index is 1.96. The van der Waals surface area contributed by atoms with E-state index in [-0.39, 0.29) is 54.3 Å². The molecule has 1 aromatic heterocycles. The molecule has 0 saturated heterocycles. The van der Waals surface area contributed by atoms with E-state index >= 15 is 0 Å². The van der Waals surface area contributed by atoms with Crippen molar-refractivity contribution in [1.29, 1.82) is 10.5 Å². The molecule has 0 aliphatic heterocycles. The fraction of sp³-hybridized carbons (Fsp3) is 0.320. The maximum atomic E-state index is 13.0. The lowest BCUT2D eigenvalue weighted by Gasteiger charge is -2.20. The molecule has 1 heterocycles. The molecule has 0 atom stereocenters. The Morgan fingerprint density at radius 1 is 1.08 bits per heavy atom. The lowest BCUT2D eigenvalue weighted by Crippen LogP contribution is -2.32. The molecule has 38 heavy (non-hydrogen) atoms. The molecule has 0 unspecified atom stereocenters. The number of amides is 1. The summed E-state index contributed by atoms with van der Waals surface area (Å²) in [5, 5.41) is 17.7. The number of hydrogen-bond acceptors (Lipinski definition) is 9. The van der Waals surface area contributed by atoms with E-state index in [1.807, 2.05) is 12.1 Å². The summed E-state index contributed by atoms with van der Waals surface area (Å²) in [5.74, 6) is -0.505. The van der Waals surface area contributed by atoms with Gasteiger partial charge in [-0.25, -0.2) is 8.42 Å². The van der Waals surface area contributed by atoms with Gasteiger partial charge in [0.15, 0.2) is 4.80 Å². The molecular formula is C25H25N5O6S2. The van der Waals surface area contributed by atoms with E-state index in [4.69, 9.17) is 20.0 Å². The van der Waals surface area contributed by atoms with Gasteiger partial charge in [0, 0.05) is 31.5 Å². The van der Waals surface area contributed by atoms with Crippen molar-refractivity contribution in [2.75, 3.05) is 26.8 Å². The first-order valence-corrected chi connectivity index (χ1v) is 13.8. The Morgan fingerprint density at radius 2 is 1.74 bits per heavy atom. The van der Waals surface area contributed by atoms with Gasteiger partial charge in [0.05, 0.1) is 41.0 Å². The number of hydrogen-bond donors (Lipinski definition) is 0. The van der Waals surface area contributed by atoms with Gasteiger partial charge in [-0.15, -0.1) is 0 Å². The van der Waals surface area contributed by atoms with Gasteiger partial charge in [0.25, 0.3) is 5.91 Å². The topological polar surface area (TPSA) is 155 Å². The lowest BCUT2D eigenvalue weighted by atomic mass is 10.2. The standard InChI is InChI=1S/C25H25N5O6S2/c1-3-36-23(31)17-30-21-11-8-19(35-2)16-22(21)37-25(30)28-24(32)18-6-9-20(10-7-18)38(33,34)29(14-4-12-26)15-5-13-27/h6-11,16H,3-5,14-15,17H2,1-2H3. The molecule has 0 aliphatic carbocycles. The molecular weight excluding hydrogens is 530 g/mol. The summed E-state index contributed by atoms with van der Waals surface area (Å²) in [6.07, 6.45) is -0.0418. The molecule has 3 rings (SSSR count). The number of methoxy groups -OCH3 is 1. The number of ether oxygens (including phenoxy) is 2.